The molecular formula is C14H21NO2S. The summed E-state index contributed by atoms with van der Waals surface area (Å²) in [5.41, 5.74) is 2.72. The molecule has 1 aliphatic heterocycles. The topological polar surface area (TPSA) is 30.5 Å². The molecule has 0 fully saturated rings. The lowest BCUT2D eigenvalue weighted by Gasteiger charge is -2.27. The summed E-state index contributed by atoms with van der Waals surface area (Å²) in [4.78, 5) is 0. The normalized spacial score (nSPS) is 18.3. The Hall–Kier alpha value is -0.870. The second kappa shape index (κ2) is 6.34. The van der Waals surface area contributed by atoms with E-state index in [-0.39, 0.29) is 0 Å². The van der Waals surface area contributed by atoms with Gasteiger partial charge in [0, 0.05) is 17.5 Å². The van der Waals surface area contributed by atoms with Gasteiger partial charge in [-0.25, -0.2) is 0 Å². The smallest absolute Gasteiger partial charge is 0.161 e. The first-order valence-electron chi connectivity index (χ1n) is 6.36. The number of ether oxygens (including phenoxy) is 2. The Morgan fingerprint density at radius 3 is 2.67 bits per heavy atom. The third-order valence-electron chi connectivity index (χ3n) is 3.20. The Balaban J connectivity index is 2.31. The molecule has 0 bridgehead atoms. The van der Waals surface area contributed by atoms with Crippen molar-refractivity contribution in [3.63, 3.8) is 0 Å². The second-order valence-corrected chi connectivity index (χ2v) is 5.46. The van der Waals surface area contributed by atoms with E-state index >= 15 is 0 Å². The predicted octanol–water partition coefficient (Wildman–Crippen LogP) is 2.99. The van der Waals surface area contributed by atoms with Gasteiger partial charge in [0.1, 0.15) is 0 Å². The summed E-state index contributed by atoms with van der Waals surface area (Å²) in [5.74, 6) is 3.84. The molecule has 0 spiro atoms. The fraction of sp³-hybridized carbons (Fsp3) is 0.571. The molecule has 1 aliphatic rings. The highest BCUT2D eigenvalue weighted by Gasteiger charge is 2.22. The van der Waals surface area contributed by atoms with Crippen LogP contribution in [-0.2, 0) is 5.75 Å². The van der Waals surface area contributed by atoms with E-state index < -0.39 is 0 Å². The van der Waals surface area contributed by atoms with Gasteiger partial charge in [-0.15, -0.1) is 0 Å². The van der Waals surface area contributed by atoms with E-state index in [0.29, 0.717) is 6.04 Å². The monoisotopic (exact) mass is 267 g/mol. The number of fused-ring (bicyclic) bond motifs is 1. The standard InChI is InChI=1S/C14H21NO2S/c1-4-5-15-12-9-18-8-10-6-13(16-2)14(17-3)7-11(10)12/h6-7,12,15H,4-5,8-9H2,1-3H3. The quantitative estimate of drug-likeness (QED) is 0.888. The van der Waals surface area contributed by atoms with E-state index in [0.717, 1.165) is 36.0 Å². The van der Waals surface area contributed by atoms with Crippen molar-refractivity contribution in [1.29, 1.82) is 0 Å². The Morgan fingerprint density at radius 2 is 2.00 bits per heavy atom. The van der Waals surface area contributed by atoms with Crippen molar-refractivity contribution in [3.8, 4) is 11.5 Å². The number of rotatable bonds is 5. The van der Waals surface area contributed by atoms with Crippen molar-refractivity contribution in [1.82, 2.24) is 5.32 Å². The molecular weight excluding hydrogens is 246 g/mol. The van der Waals surface area contributed by atoms with Crippen LogP contribution in [-0.4, -0.2) is 26.5 Å². The Kier molecular flexibility index (Phi) is 4.78. The van der Waals surface area contributed by atoms with Gasteiger partial charge in [-0.3, -0.25) is 0 Å². The molecule has 0 amide bonds. The first kappa shape index (κ1) is 13.6. The highest BCUT2D eigenvalue weighted by atomic mass is 32.2. The second-order valence-electron chi connectivity index (χ2n) is 4.43. The average Bonchev–Trinajstić information content (AvgIpc) is 2.43. The van der Waals surface area contributed by atoms with E-state index in [1.54, 1.807) is 14.2 Å². The summed E-state index contributed by atoms with van der Waals surface area (Å²) < 4.78 is 10.8. The van der Waals surface area contributed by atoms with Crippen LogP contribution >= 0.6 is 11.8 Å². The molecule has 1 aromatic carbocycles. The third kappa shape index (κ3) is 2.75. The lowest BCUT2D eigenvalue weighted by atomic mass is 10.0. The number of thioether (sulfide) groups is 1. The van der Waals surface area contributed by atoms with Gasteiger partial charge in [-0.05, 0) is 36.2 Å². The van der Waals surface area contributed by atoms with Crippen molar-refractivity contribution in [2.45, 2.75) is 25.1 Å². The molecule has 0 saturated carbocycles. The van der Waals surface area contributed by atoms with E-state index in [9.17, 15) is 0 Å². The maximum atomic E-state index is 5.40. The van der Waals surface area contributed by atoms with Crippen molar-refractivity contribution in [2.75, 3.05) is 26.5 Å². The zero-order chi connectivity index (χ0) is 13.0. The zero-order valence-electron chi connectivity index (χ0n) is 11.3. The van der Waals surface area contributed by atoms with Gasteiger partial charge in [-0.2, -0.15) is 11.8 Å². The number of hydrogen-bond acceptors (Lipinski definition) is 4. The number of nitrogens with one attached hydrogen (secondary N) is 1. The van der Waals surface area contributed by atoms with Gasteiger partial charge >= 0.3 is 0 Å². The Bertz CT molecular complexity index is 409. The third-order valence-corrected chi connectivity index (χ3v) is 4.29. The molecule has 0 aliphatic carbocycles. The van der Waals surface area contributed by atoms with Crippen LogP contribution in [0, 0.1) is 0 Å². The van der Waals surface area contributed by atoms with Crippen LogP contribution < -0.4 is 14.8 Å². The molecule has 100 valence electrons. The van der Waals surface area contributed by atoms with Crippen molar-refractivity contribution in [3.05, 3.63) is 23.3 Å². The van der Waals surface area contributed by atoms with Crippen molar-refractivity contribution < 1.29 is 9.47 Å². The molecule has 3 nitrogen and oxygen atoms in total. The van der Waals surface area contributed by atoms with E-state index in [1.807, 2.05) is 11.8 Å². The Labute approximate surface area is 113 Å². The SMILES string of the molecule is CCCNC1CSCc2cc(OC)c(OC)cc21. The zero-order valence-corrected chi connectivity index (χ0v) is 12.1. The molecule has 4 heteroatoms. The van der Waals surface area contributed by atoms with Crippen LogP contribution in [0.4, 0.5) is 0 Å². The Morgan fingerprint density at radius 1 is 1.28 bits per heavy atom. The van der Waals surface area contributed by atoms with Gasteiger partial charge in [0.25, 0.3) is 0 Å². The van der Waals surface area contributed by atoms with Crippen molar-refractivity contribution in [2.24, 2.45) is 0 Å². The fourth-order valence-corrected chi connectivity index (χ4v) is 3.37. The van der Waals surface area contributed by atoms with Crippen LogP contribution in [0.1, 0.15) is 30.5 Å². The summed E-state index contributed by atoms with van der Waals surface area (Å²) in [7, 11) is 3.38. The summed E-state index contributed by atoms with van der Waals surface area (Å²) in [6.07, 6.45) is 1.16. The minimum Gasteiger partial charge on any atom is -0.493 e. The molecule has 1 atom stereocenters. The largest absolute Gasteiger partial charge is 0.493 e. The first-order chi connectivity index (χ1) is 8.80. The summed E-state index contributed by atoms with van der Waals surface area (Å²) >= 11 is 1.97. The predicted molar refractivity (Wildman–Crippen MR) is 76.7 cm³/mol. The number of methoxy groups -OCH3 is 2. The lowest BCUT2D eigenvalue weighted by Crippen LogP contribution is -2.27. The lowest BCUT2D eigenvalue weighted by molar-refractivity contribution is 0.353. The van der Waals surface area contributed by atoms with Gasteiger partial charge in [-0.1, -0.05) is 6.92 Å². The van der Waals surface area contributed by atoms with E-state index in [2.05, 4.69) is 24.4 Å². The molecule has 2 rings (SSSR count). The van der Waals surface area contributed by atoms with E-state index in [4.69, 9.17) is 9.47 Å². The van der Waals surface area contributed by atoms with Crippen LogP contribution in [0.15, 0.2) is 12.1 Å². The highest BCUT2D eigenvalue weighted by Crippen LogP contribution is 2.39. The van der Waals surface area contributed by atoms with Crippen LogP contribution in [0.25, 0.3) is 0 Å². The van der Waals surface area contributed by atoms with Crippen molar-refractivity contribution >= 4 is 11.8 Å². The maximum Gasteiger partial charge on any atom is 0.161 e. The van der Waals surface area contributed by atoms with Crippen LogP contribution in [0.3, 0.4) is 0 Å². The fourth-order valence-electron chi connectivity index (χ4n) is 2.25. The van der Waals surface area contributed by atoms with Gasteiger partial charge in [0.2, 0.25) is 0 Å². The molecule has 18 heavy (non-hydrogen) atoms. The van der Waals surface area contributed by atoms with Gasteiger partial charge in [0.05, 0.1) is 14.2 Å². The van der Waals surface area contributed by atoms with Gasteiger partial charge < -0.3 is 14.8 Å². The minimum absolute atomic E-state index is 0.429. The summed E-state index contributed by atoms with van der Waals surface area (Å²) in [5, 5.41) is 3.60. The van der Waals surface area contributed by atoms with E-state index in [1.165, 1.54) is 11.1 Å². The van der Waals surface area contributed by atoms with Gasteiger partial charge in [0.15, 0.2) is 11.5 Å². The average molecular weight is 267 g/mol. The molecule has 0 saturated heterocycles. The number of hydrogen-bond donors (Lipinski definition) is 1. The summed E-state index contributed by atoms with van der Waals surface area (Å²) in [6, 6.07) is 4.67. The molecule has 0 radical (unpaired) electrons. The molecule has 1 heterocycles. The minimum atomic E-state index is 0.429. The molecule has 1 aromatic rings. The number of benzene rings is 1. The maximum absolute atomic E-state index is 5.40. The highest BCUT2D eigenvalue weighted by molar-refractivity contribution is 7.98. The van der Waals surface area contributed by atoms with Crippen LogP contribution in [0.5, 0.6) is 11.5 Å². The molecule has 1 N–H and O–H groups in total. The first-order valence-corrected chi connectivity index (χ1v) is 7.51. The molecule has 0 aromatic heterocycles. The summed E-state index contributed by atoms with van der Waals surface area (Å²) in [6.45, 7) is 3.25. The van der Waals surface area contributed by atoms with Crippen LogP contribution in [0.2, 0.25) is 0 Å². The molecule has 1 unspecified atom stereocenters.